The second kappa shape index (κ2) is 6.44. The first-order valence-electron chi connectivity index (χ1n) is 5.24. The summed E-state index contributed by atoms with van der Waals surface area (Å²) in [6.07, 6.45) is 1.30. The molecule has 0 spiro atoms. The van der Waals surface area contributed by atoms with Crippen molar-refractivity contribution in [2.24, 2.45) is 0 Å². The molecule has 12 heavy (non-hydrogen) atoms. The van der Waals surface area contributed by atoms with Crippen LogP contribution in [0.5, 0.6) is 0 Å². The van der Waals surface area contributed by atoms with Crippen molar-refractivity contribution in [2.75, 3.05) is 39.8 Å². The zero-order valence-electron chi connectivity index (χ0n) is 9.19. The fraction of sp³-hybridized carbons (Fsp3) is 1.00. The number of nitrogens with one attached hydrogen (secondary N) is 1. The van der Waals surface area contributed by atoms with E-state index in [1.807, 2.05) is 7.05 Å². The van der Waals surface area contributed by atoms with Gasteiger partial charge in [0.2, 0.25) is 0 Å². The van der Waals surface area contributed by atoms with Crippen LogP contribution in [0.2, 0.25) is 0 Å². The minimum atomic E-state index is 1.15. The predicted octanol–water partition coefficient (Wildman–Crippen LogP) is 1.47. The summed E-state index contributed by atoms with van der Waals surface area (Å²) in [5.74, 6) is 0. The molecular weight excluding hydrogens is 148 g/mol. The average molecular weight is 173 g/mol. The molecule has 0 amide bonds. The van der Waals surface area contributed by atoms with Gasteiger partial charge in [0, 0.05) is 13.0 Å². The molecule has 0 heterocycles. The molecule has 0 bridgehead atoms. The first kappa shape index (κ1) is 11.9. The van der Waals surface area contributed by atoms with Gasteiger partial charge in [0.15, 0.2) is 0 Å². The van der Waals surface area contributed by atoms with Gasteiger partial charge in [0.25, 0.3) is 0 Å². The molecule has 0 aromatic carbocycles. The SMILES string of the molecule is CC[N+](CC)(CC)CCCNC. The van der Waals surface area contributed by atoms with Gasteiger partial charge in [0.05, 0.1) is 26.2 Å². The van der Waals surface area contributed by atoms with Crippen molar-refractivity contribution < 1.29 is 4.48 Å². The molecule has 0 aliphatic heterocycles. The molecule has 0 aromatic heterocycles. The monoisotopic (exact) mass is 173 g/mol. The fourth-order valence-electron chi connectivity index (χ4n) is 1.74. The van der Waals surface area contributed by atoms with Crippen LogP contribution in [0.1, 0.15) is 27.2 Å². The van der Waals surface area contributed by atoms with Gasteiger partial charge in [-0.05, 0) is 27.8 Å². The summed E-state index contributed by atoms with van der Waals surface area (Å²) in [5.41, 5.74) is 0. The quantitative estimate of drug-likeness (QED) is 0.454. The second-order valence-electron chi connectivity index (χ2n) is 3.47. The third-order valence-electron chi connectivity index (χ3n) is 3.07. The summed E-state index contributed by atoms with van der Waals surface area (Å²) in [5, 5.41) is 3.20. The first-order chi connectivity index (χ1) is 5.74. The van der Waals surface area contributed by atoms with Crippen LogP contribution < -0.4 is 5.32 Å². The smallest absolute Gasteiger partial charge is 0.0798 e. The lowest BCUT2D eigenvalue weighted by atomic mass is 10.3. The number of quaternary nitrogens is 1. The molecule has 0 aromatic rings. The fourth-order valence-corrected chi connectivity index (χ4v) is 1.74. The molecular formula is C10H25N2+. The van der Waals surface area contributed by atoms with Crippen molar-refractivity contribution in [1.82, 2.24) is 5.32 Å². The van der Waals surface area contributed by atoms with E-state index in [-0.39, 0.29) is 0 Å². The van der Waals surface area contributed by atoms with Crippen LogP contribution in [-0.2, 0) is 0 Å². The van der Waals surface area contributed by atoms with Crippen LogP contribution in [0.3, 0.4) is 0 Å². The number of hydrogen-bond acceptors (Lipinski definition) is 1. The van der Waals surface area contributed by atoms with Crippen molar-refractivity contribution in [3.8, 4) is 0 Å². The third kappa shape index (κ3) is 3.55. The highest BCUT2D eigenvalue weighted by molar-refractivity contribution is 4.43. The van der Waals surface area contributed by atoms with Gasteiger partial charge in [-0.3, -0.25) is 0 Å². The number of hydrogen-bond donors (Lipinski definition) is 1. The number of nitrogens with zero attached hydrogens (tertiary/aromatic N) is 1. The Balaban J connectivity index is 3.76. The Kier molecular flexibility index (Phi) is 6.39. The molecule has 1 N–H and O–H groups in total. The van der Waals surface area contributed by atoms with E-state index in [2.05, 4.69) is 26.1 Å². The van der Waals surface area contributed by atoms with E-state index in [4.69, 9.17) is 0 Å². The van der Waals surface area contributed by atoms with Crippen molar-refractivity contribution in [3.63, 3.8) is 0 Å². The van der Waals surface area contributed by atoms with Crippen LogP contribution >= 0.6 is 0 Å². The summed E-state index contributed by atoms with van der Waals surface area (Å²) in [6.45, 7) is 13.2. The Hall–Kier alpha value is -0.0800. The Morgan fingerprint density at radius 1 is 1.00 bits per heavy atom. The van der Waals surface area contributed by atoms with E-state index < -0.39 is 0 Å². The van der Waals surface area contributed by atoms with Gasteiger partial charge in [-0.25, -0.2) is 0 Å². The van der Waals surface area contributed by atoms with E-state index >= 15 is 0 Å². The average Bonchev–Trinajstić information content (AvgIpc) is 2.14. The number of rotatable bonds is 7. The summed E-state index contributed by atoms with van der Waals surface area (Å²) >= 11 is 0. The minimum Gasteiger partial charge on any atom is -0.324 e. The van der Waals surface area contributed by atoms with E-state index in [1.165, 1.54) is 37.1 Å². The van der Waals surface area contributed by atoms with Crippen LogP contribution in [0.25, 0.3) is 0 Å². The van der Waals surface area contributed by atoms with Gasteiger partial charge in [-0.15, -0.1) is 0 Å². The topological polar surface area (TPSA) is 12.0 Å². The lowest BCUT2D eigenvalue weighted by Crippen LogP contribution is -2.48. The maximum absolute atomic E-state index is 3.20. The second-order valence-corrected chi connectivity index (χ2v) is 3.47. The highest BCUT2D eigenvalue weighted by atomic mass is 15.3. The summed E-state index contributed by atoms with van der Waals surface area (Å²) in [6, 6.07) is 0. The normalized spacial score (nSPS) is 12.0. The molecule has 0 saturated heterocycles. The van der Waals surface area contributed by atoms with Gasteiger partial charge in [-0.1, -0.05) is 0 Å². The zero-order valence-corrected chi connectivity index (χ0v) is 9.19. The molecule has 0 radical (unpaired) electrons. The molecule has 0 atom stereocenters. The maximum atomic E-state index is 3.20. The van der Waals surface area contributed by atoms with Gasteiger partial charge >= 0.3 is 0 Å². The largest absolute Gasteiger partial charge is 0.324 e. The molecule has 0 unspecified atom stereocenters. The highest BCUT2D eigenvalue weighted by Crippen LogP contribution is 2.06. The molecule has 2 heteroatoms. The van der Waals surface area contributed by atoms with Crippen LogP contribution in [0.4, 0.5) is 0 Å². The van der Waals surface area contributed by atoms with Crippen molar-refractivity contribution in [1.29, 1.82) is 0 Å². The van der Waals surface area contributed by atoms with Crippen molar-refractivity contribution >= 4 is 0 Å². The van der Waals surface area contributed by atoms with Crippen LogP contribution in [0, 0.1) is 0 Å². The Morgan fingerprint density at radius 3 is 1.83 bits per heavy atom. The summed E-state index contributed by atoms with van der Waals surface area (Å²) < 4.78 is 1.28. The van der Waals surface area contributed by atoms with Crippen LogP contribution in [-0.4, -0.2) is 44.3 Å². The molecule has 74 valence electrons. The standard InChI is InChI=1S/C10H25N2/c1-5-12(6-2,7-3)10-8-9-11-4/h11H,5-10H2,1-4H3/q+1. The molecule has 0 aliphatic rings. The lowest BCUT2D eigenvalue weighted by Gasteiger charge is -2.35. The van der Waals surface area contributed by atoms with E-state index in [0.717, 1.165) is 6.54 Å². The van der Waals surface area contributed by atoms with E-state index in [9.17, 15) is 0 Å². The summed E-state index contributed by atoms with van der Waals surface area (Å²) in [4.78, 5) is 0. The molecule has 0 saturated carbocycles. The van der Waals surface area contributed by atoms with Gasteiger partial charge in [-0.2, -0.15) is 0 Å². The first-order valence-corrected chi connectivity index (χ1v) is 5.24. The molecule has 0 aliphatic carbocycles. The highest BCUT2D eigenvalue weighted by Gasteiger charge is 2.18. The van der Waals surface area contributed by atoms with E-state index in [1.54, 1.807) is 0 Å². The Morgan fingerprint density at radius 2 is 1.50 bits per heavy atom. The Labute approximate surface area is 77.5 Å². The van der Waals surface area contributed by atoms with E-state index in [0.29, 0.717) is 0 Å². The third-order valence-corrected chi connectivity index (χ3v) is 3.07. The van der Waals surface area contributed by atoms with Crippen molar-refractivity contribution in [3.05, 3.63) is 0 Å². The molecule has 2 nitrogen and oxygen atoms in total. The molecule has 0 rings (SSSR count). The lowest BCUT2D eigenvalue weighted by molar-refractivity contribution is -0.923. The van der Waals surface area contributed by atoms with Crippen molar-refractivity contribution in [2.45, 2.75) is 27.2 Å². The van der Waals surface area contributed by atoms with Gasteiger partial charge in [0.1, 0.15) is 0 Å². The predicted molar refractivity (Wildman–Crippen MR) is 55.3 cm³/mol. The van der Waals surface area contributed by atoms with Gasteiger partial charge < -0.3 is 9.80 Å². The summed E-state index contributed by atoms with van der Waals surface area (Å²) in [7, 11) is 2.03. The molecule has 0 fully saturated rings. The van der Waals surface area contributed by atoms with Crippen LogP contribution in [0.15, 0.2) is 0 Å². The zero-order chi connectivity index (χ0) is 9.45. The minimum absolute atomic E-state index is 1.15. The Bertz CT molecular complexity index is 89.7. The maximum Gasteiger partial charge on any atom is 0.0798 e.